The van der Waals surface area contributed by atoms with Gasteiger partial charge in [-0.25, -0.2) is 0 Å². The van der Waals surface area contributed by atoms with E-state index < -0.39 is 11.7 Å². The highest BCUT2D eigenvalue weighted by atomic mass is 16.2. The van der Waals surface area contributed by atoms with Crippen LogP contribution in [0.2, 0.25) is 0 Å². The molecule has 0 bridgehead atoms. The van der Waals surface area contributed by atoms with Crippen molar-refractivity contribution in [3.8, 4) is 0 Å². The molecule has 2 amide bonds. The van der Waals surface area contributed by atoms with Crippen molar-refractivity contribution in [1.29, 1.82) is 0 Å². The van der Waals surface area contributed by atoms with Crippen LogP contribution in [0.3, 0.4) is 0 Å². The topological polar surface area (TPSA) is 75.3 Å². The fraction of sp³-hybridized carbons (Fsp3) is 0.588. The van der Waals surface area contributed by atoms with Crippen molar-refractivity contribution >= 4 is 17.6 Å². The highest BCUT2D eigenvalue weighted by Gasteiger charge is 2.14. The van der Waals surface area contributed by atoms with Crippen LogP contribution in [0.25, 0.3) is 0 Å². The van der Waals surface area contributed by atoms with E-state index in [1.807, 2.05) is 12.2 Å². The third-order valence-corrected chi connectivity index (χ3v) is 3.94. The second-order valence-electron chi connectivity index (χ2n) is 5.82. The summed E-state index contributed by atoms with van der Waals surface area (Å²) < 4.78 is 0. The van der Waals surface area contributed by atoms with Gasteiger partial charge in [-0.2, -0.15) is 0 Å². The van der Waals surface area contributed by atoms with Crippen molar-refractivity contribution in [2.45, 2.75) is 52.4 Å². The lowest BCUT2D eigenvalue weighted by Gasteiger charge is -2.19. The van der Waals surface area contributed by atoms with Crippen molar-refractivity contribution in [2.75, 3.05) is 7.05 Å². The van der Waals surface area contributed by atoms with Gasteiger partial charge in [-0.05, 0) is 38.2 Å². The molecule has 1 aliphatic carbocycles. The Hall–Kier alpha value is -1.91. The molecule has 0 spiro atoms. The molecule has 1 unspecified atom stereocenters. The van der Waals surface area contributed by atoms with E-state index in [2.05, 4.69) is 24.5 Å². The van der Waals surface area contributed by atoms with E-state index in [0.717, 1.165) is 25.0 Å². The zero-order valence-corrected chi connectivity index (χ0v) is 13.7. The molecular weight excluding hydrogens is 280 g/mol. The molecule has 0 fully saturated rings. The Kier molecular flexibility index (Phi) is 7.57. The van der Waals surface area contributed by atoms with Gasteiger partial charge in [0.1, 0.15) is 0 Å². The van der Waals surface area contributed by atoms with E-state index >= 15 is 0 Å². The molecule has 2 N–H and O–H groups in total. The fourth-order valence-corrected chi connectivity index (χ4v) is 2.29. The maximum absolute atomic E-state index is 11.8. The molecule has 0 aromatic rings. The van der Waals surface area contributed by atoms with E-state index in [9.17, 15) is 14.4 Å². The second-order valence-corrected chi connectivity index (χ2v) is 5.82. The average Bonchev–Trinajstić information content (AvgIpc) is 2.49. The molecule has 1 aliphatic rings. The molecular formula is C17H26N2O3. The Bertz CT molecular complexity index is 492. The molecule has 1 rings (SSSR count). The molecule has 0 heterocycles. The monoisotopic (exact) mass is 306 g/mol. The number of hydrogen-bond donors (Lipinski definition) is 2. The largest absolute Gasteiger partial charge is 0.353 e. The minimum absolute atomic E-state index is 0.0176. The fourth-order valence-electron chi connectivity index (χ4n) is 2.29. The highest BCUT2D eigenvalue weighted by molar-refractivity contribution is 6.36. The molecule has 0 aliphatic heterocycles. The van der Waals surface area contributed by atoms with Gasteiger partial charge in [0.25, 0.3) is 5.91 Å². The number of carbonyl (C=O) groups excluding carboxylic acids is 3. The number of rotatable bonds is 8. The number of Topliss-reactive ketones (excluding diaryl/α,β-unsaturated/α-hetero) is 1. The van der Waals surface area contributed by atoms with Gasteiger partial charge in [0, 0.05) is 25.6 Å². The van der Waals surface area contributed by atoms with Gasteiger partial charge in [0.05, 0.1) is 0 Å². The number of allylic oxidation sites excluding steroid dienone is 4. The number of hydrogen-bond acceptors (Lipinski definition) is 3. The zero-order valence-electron chi connectivity index (χ0n) is 13.7. The van der Waals surface area contributed by atoms with Crippen LogP contribution < -0.4 is 10.6 Å². The van der Waals surface area contributed by atoms with Crippen molar-refractivity contribution in [2.24, 2.45) is 5.92 Å². The summed E-state index contributed by atoms with van der Waals surface area (Å²) in [5, 5.41) is 5.26. The molecule has 0 radical (unpaired) electrons. The summed E-state index contributed by atoms with van der Waals surface area (Å²) in [4.78, 5) is 34.2. The maximum atomic E-state index is 11.8. The summed E-state index contributed by atoms with van der Waals surface area (Å²) in [6.45, 7) is 4.24. The third kappa shape index (κ3) is 6.24. The van der Waals surface area contributed by atoms with Gasteiger partial charge in [0.15, 0.2) is 0 Å². The van der Waals surface area contributed by atoms with E-state index in [1.54, 1.807) is 0 Å². The zero-order chi connectivity index (χ0) is 16.5. The third-order valence-electron chi connectivity index (χ3n) is 3.94. The van der Waals surface area contributed by atoms with Gasteiger partial charge >= 0.3 is 0 Å². The molecule has 0 aromatic heterocycles. The number of carbonyl (C=O) groups is 3. The quantitative estimate of drug-likeness (QED) is 0.533. The summed E-state index contributed by atoms with van der Waals surface area (Å²) >= 11 is 0. The number of likely N-dealkylation sites (N-methyl/N-ethyl adjacent to an activating group) is 1. The molecule has 1 atom stereocenters. The number of nitrogens with one attached hydrogen (secondary N) is 2. The Balaban J connectivity index is 2.17. The normalized spacial score (nSPS) is 17.3. The first-order chi connectivity index (χ1) is 10.4. The lowest BCUT2D eigenvalue weighted by Crippen LogP contribution is -2.27. The van der Waals surface area contributed by atoms with Gasteiger partial charge in [-0.1, -0.05) is 25.0 Å². The standard InChI is InChI=1S/C17H26N2O3/c1-12-9-10-14(11-13(12)2)19-16(21)8-6-4-5-7-15(20)17(22)18-3/h9-10,13H,4-8,11H2,1-3H3,(H,18,22)(H,19,21). The highest BCUT2D eigenvalue weighted by Crippen LogP contribution is 2.22. The second kappa shape index (κ2) is 9.18. The van der Waals surface area contributed by atoms with Crippen LogP contribution in [-0.2, 0) is 14.4 Å². The first-order valence-electron chi connectivity index (χ1n) is 7.86. The Morgan fingerprint density at radius 1 is 1.14 bits per heavy atom. The predicted molar refractivity (Wildman–Crippen MR) is 85.9 cm³/mol. The van der Waals surface area contributed by atoms with Crippen LogP contribution in [0.5, 0.6) is 0 Å². The Labute approximate surface area is 132 Å². The SMILES string of the molecule is CNC(=O)C(=O)CCCCCC(=O)NC1=CC=C(C)C(C)C1. The minimum atomic E-state index is -0.542. The lowest BCUT2D eigenvalue weighted by molar-refractivity contribution is -0.137. The van der Waals surface area contributed by atoms with Crippen LogP contribution in [0.4, 0.5) is 0 Å². The first-order valence-corrected chi connectivity index (χ1v) is 7.86. The van der Waals surface area contributed by atoms with E-state index in [-0.39, 0.29) is 12.3 Å². The van der Waals surface area contributed by atoms with Crippen LogP contribution in [0.15, 0.2) is 23.4 Å². The van der Waals surface area contributed by atoms with E-state index in [1.165, 1.54) is 12.6 Å². The molecule has 0 aromatic carbocycles. The van der Waals surface area contributed by atoms with Gasteiger partial charge in [-0.3, -0.25) is 14.4 Å². The molecule has 5 heteroatoms. The molecule has 0 saturated carbocycles. The smallest absolute Gasteiger partial charge is 0.287 e. The summed E-state index contributed by atoms with van der Waals surface area (Å²) in [7, 11) is 1.45. The Morgan fingerprint density at radius 3 is 2.45 bits per heavy atom. The molecule has 0 saturated heterocycles. The van der Waals surface area contributed by atoms with Gasteiger partial charge < -0.3 is 10.6 Å². The lowest BCUT2D eigenvalue weighted by atomic mass is 9.92. The van der Waals surface area contributed by atoms with Crippen LogP contribution in [0.1, 0.15) is 52.4 Å². The minimum Gasteiger partial charge on any atom is -0.353 e. The average molecular weight is 306 g/mol. The van der Waals surface area contributed by atoms with Crippen molar-refractivity contribution in [3.63, 3.8) is 0 Å². The predicted octanol–water partition coefficient (Wildman–Crippen LogP) is 2.24. The van der Waals surface area contributed by atoms with Crippen LogP contribution in [0, 0.1) is 5.92 Å². The maximum Gasteiger partial charge on any atom is 0.287 e. The first kappa shape index (κ1) is 18.1. The summed E-state index contributed by atoms with van der Waals surface area (Å²) in [5.41, 5.74) is 2.30. The van der Waals surface area contributed by atoms with Crippen molar-refractivity contribution in [1.82, 2.24) is 10.6 Å². The molecule has 22 heavy (non-hydrogen) atoms. The van der Waals surface area contributed by atoms with Gasteiger partial charge in [-0.15, -0.1) is 0 Å². The number of ketones is 1. The van der Waals surface area contributed by atoms with Crippen LogP contribution in [-0.4, -0.2) is 24.6 Å². The molecule has 122 valence electrons. The van der Waals surface area contributed by atoms with Crippen molar-refractivity contribution in [3.05, 3.63) is 23.4 Å². The summed E-state index contributed by atoms with van der Waals surface area (Å²) in [6, 6.07) is 0. The van der Waals surface area contributed by atoms with Crippen LogP contribution >= 0.6 is 0 Å². The van der Waals surface area contributed by atoms with E-state index in [0.29, 0.717) is 18.8 Å². The Morgan fingerprint density at radius 2 is 1.82 bits per heavy atom. The van der Waals surface area contributed by atoms with E-state index in [4.69, 9.17) is 0 Å². The summed E-state index contributed by atoms with van der Waals surface area (Å²) in [5.74, 6) is -0.449. The summed E-state index contributed by atoms with van der Waals surface area (Å²) in [6.07, 6.45) is 7.71. The van der Waals surface area contributed by atoms with Gasteiger partial charge in [0.2, 0.25) is 11.7 Å². The van der Waals surface area contributed by atoms with Crippen molar-refractivity contribution < 1.29 is 14.4 Å². The number of unbranched alkanes of at least 4 members (excludes halogenated alkanes) is 2. The molecule has 5 nitrogen and oxygen atoms in total. The number of amides is 2.